The summed E-state index contributed by atoms with van der Waals surface area (Å²) in [7, 11) is 0. The van der Waals surface area contributed by atoms with Crippen LogP contribution in [0.2, 0.25) is 0 Å². The Labute approximate surface area is 149 Å². The van der Waals surface area contributed by atoms with Crippen LogP contribution in [0.3, 0.4) is 0 Å². The largest absolute Gasteiger partial charge is 0.361 e. The van der Waals surface area contributed by atoms with Gasteiger partial charge >= 0.3 is 0 Å². The molecule has 2 amide bonds. The number of hydrogen-bond acceptors (Lipinski definition) is 2. The van der Waals surface area contributed by atoms with Gasteiger partial charge in [0, 0.05) is 40.6 Å². The van der Waals surface area contributed by atoms with Crippen molar-refractivity contribution in [2.45, 2.75) is 12.8 Å². The Morgan fingerprint density at radius 3 is 2.27 bits per heavy atom. The smallest absolute Gasteiger partial charge is 0.271 e. The molecule has 2 aromatic heterocycles. The van der Waals surface area contributed by atoms with Gasteiger partial charge in [-0.05, 0) is 24.1 Å². The van der Waals surface area contributed by atoms with Gasteiger partial charge in [0.1, 0.15) is 0 Å². The Morgan fingerprint density at radius 2 is 1.46 bits per heavy atom. The molecule has 4 aromatic rings. The van der Waals surface area contributed by atoms with Crippen molar-refractivity contribution in [1.29, 1.82) is 0 Å². The van der Waals surface area contributed by atoms with Crippen LogP contribution < -0.4 is 10.9 Å². The number of hydrazine groups is 1. The molecule has 2 heterocycles. The number of aryl methyl sites for hydroxylation is 1. The molecule has 0 saturated heterocycles. The number of rotatable bonds is 4. The van der Waals surface area contributed by atoms with Crippen molar-refractivity contribution in [3.8, 4) is 0 Å². The summed E-state index contributed by atoms with van der Waals surface area (Å²) in [4.78, 5) is 30.6. The van der Waals surface area contributed by atoms with Crippen molar-refractivity contribution in [3.05, 3.63) is 72.1 Å². The number of carbonyl (C=O) groups is 2. The zero-order valence-corrected chi connectivity index (χ0v) is 14.0. The summed E-state index contributed by atoms with van der Waals surface area (Å²) in [6.45, 7) is 0. The number of amides is 2. The van der Waals surface area contributed by atoms with Crippen LogP contribution in [0.1, 0.15) is 22.3 Å². The summed E-state index contributed by atoms with van der Waals surface area (Å²) in [6.07, 6.45) is 4.44. The lowest BCUT2D eigenvalue weighted by Gasteiger charge is -2.06. The highest BCUT2D eigenvalue weighted by Gasteiger charge is 2.13. The lowest BCUT2D eigenvalue weighted by atomic mass is 10.1. The van der Waals surface area contributed by atoms with Gasteiger partial charge in [-0.25, -0.2) is 0 Å². The summed E-state index contributed by atoms with van der Waals surface area (Å²) < 4.78 is 0. The topological polar surface area (TPSA) is 89.8 Å². The van der Waals surface area contributed by atoms with E-state index in [1.165, 1.54) is 0 Å². The molecule has 6 nitrogen and oxygen atoms in total. The average molecular weight is 346 g/mol. The van der Waals surface area contributed by atoms with E-state index in [1.54, 1.807) is 6.20 Å². The maximum absolute atomic E-state index is 12.3. The van der Waals surface area contributed by atoms with E-state index in [-0.39, 0.29) is 18.2 Å². The highest BCUT2D eigenvalue weighted by Crippen LogP contribution is 2.19. The Balaban J connectivity index is 1.34. The van der Waals surface area contributed by atoms with Gasteiger partial charge in [0.25, 0.3) is 5.91 Å². The van der Waals surface area contributed by atoms with Crippen molar-refractivity contribution in [2.24, 2.45) is 0 Å². The van der Waals surface area contributed by atoms with Gasteiger partial charge in [-0.3, -0.25) is 20.4 Å². The molecular formula is C20H18N4O2. The van der Waals surface area contributed by atoms with E-state index in [9.17, 15) is 9.59 Å². The number of carbonyl (C=O) groups excluding carboxylic acids is 2. The van der Waals surface area contributed by atoms with Crippen LogP contribution in [0.25, 0.3) is 21.8 Å². The molecule has 0 bridgehead atoms. The molecule has 6 heteroatoms. The zero-order chi connectivity index (χ0) is 17.9. The van der Waals surface area contributed by atoms with Gasteiger partial charge in [-0.1, -0.05) is 36.4 Å². The van der Waals surface area contributed by atoms with Crippen molar-refractivity contribution in [1.82, 2.24) is 20.8 Å². The highest BCUT2D eigenvalue weighted by atomic mass is 16.2. The third-order valence-electron chi connectivity index (χ3n) is 4.45. The predicted molar refractivity (Wildman–Crippen MR) is 101 cm³/mol. The first-order valence-electron chi connectivity index (χ1n) is 8.42. The Morgan fingerprint density at radius 1 is 0.808 bits per heavy atom. The van der Waals surface area contributed by atoms with Gasteiger partial charge < -0.3 is 9.97 Å². The van der Waals surface area contributed by atoms with Gasteiger partial charge in [0.05, 0.1) is 5.56 Å². The van der Waals surface area contributed by atoms with Crippen LogP contribution in [0.15, 0.2) is 60.9 Å². The van der Waals surface area contributed by atoms with Crippen molar-refractivity contribution in [2.75, 3.05) is 0 Å². The molecule has 26 heavy (non-hydrogen) atoms. The number of benzene rings is 2. The van der Waals surface area contributed by atoms with Gasteiger partial charge in [-0.2, -0.15) is 0 Å². The summed E-state index contributed by atoms with van der Waals surface area (Å²) in [5.41, 5.74) is 8.47. The molecule has 2 aromatic carbocycles. The van der Waals surface area contributed by atoms with Crippen LogP contribution in [0.5, 0.6) is 0 Å². The third kappa shape index (κ3) is 3.04. The zero-order valence-electron chi connectivity index (χ0n) is 14.0. The number of aromatic amines is 2. The molecule has 0 saturated carbocycles. The fourth-order valence-electron chi connectivity index (χ4n) is 3.10. The Bertz CT molecular complexity index is 1090. The first-order chi connectivity index (χ1) is 12.7. The van der Waals surface area contributed by atoms with Gasteiger partial charge in [-0.15, -0.1) is 0 Å². The van der Waals surface area contributed by atoms with Crippen molar-refractivity contribution in [3.63, 3.8) is 0 Å². The highest BCUT2D eigenvalue weighted by molar-refractivity contribution is 6.07. The number of para-hydroxylation sites is 2. The van der Waals surface area contributed by atoms with Crippen LogP contribution in [0.4, 0.5) is 0 Å². The predicted octanol–water partition coefficient (Wildman–Crippen LogP) is 3.04. The Kier molecular flexibility index (Phi) is 4.15. The molecule has 0 aliphatic rings. The van der Waals surface area contributed by atoms with Crippen molar-refractivity contribution >= 4 is 33.6 Å². The van der Waals surface area contributed by atoms with E-state index in [1.807, 2.05) is 54.7 Å². The van der Waals surface area contributed by atoms with E-state index < -0.39 is 0 Å². The molecule has 0 spiro atoms. The molecule has 0 fully saturated rings. The fourth-order valence-corrected chi connectivity index (χ4v) is 3.10. The summed E-state index contributed by atoms with van der Waals surface area (Å²) in [5, 5.41) is 1.93. The minimum atomic E-state index is -0.345. The fraction of sp³-hybridized carbons (Fsp3) is 0.100. The molecule has 0 radical (unpaired) electrons. The Hall–Kier alpha value is -3.54. The maximum atomic E-state index is 12.3. The van der Waals surface area contributed by atoms with Crippen LogP contribution >= 0.6 is 0 Å². The van der Waals surface area contributed by atoms with E-state index >= 15 is 0 Å². The molecule has 4 N–H and O–H groups in total. The molecular weight excluding hydrogens is 328 g/mol. The van der Waals surface area contributed by atoms with Crippen LogP contribution in [0, 0.1) is 0 Å². The minimum absolute atomic E-state index is 0.233. The van der Waals surface area contributed by atoms with Crippen LogP contribution in [-0.4, -0.2) is 21.8 Å². The third-order valence-corrected chi connectivity index (χ3v) is 4.45. The number of H-pyrrole nitrogens is 2. The lowest BCUT2D eigenvalue weighted by molar-refractivity contribution is -0.121. The average Bonchev–Trinajstić information content (AvgIpc) is 3.28. The van der Waals surface area contributed by atoms with E-state index in [4.69, 9.17) is 0 Å². The molecule has 4 rings (SSSR count). The first-order valence-corrected chi connectivity index (χ1v) is 8.42. The number of hydrogen-bond donors (Lipinski definition) is 4. The number of aromatic nitrogens is 2. The van der Waals surface area contributed by atoms with E-state index in [2.05, 4.69) is 20.8 Å². The second-order valence-corrected chi connectivity index (χ2v) is 6.11. The first kappa shape index (κ1) is 16.0. The normalized spacial score (nSPS) is 10.9. The van der Waals surface area contributed by atoms with E-state index in [0.29, 0.717) is 12.0 Å². The molecule has 130 valence electrons. The maximum Gasteiger partial charge on any atom is 0.271 e. The SMILES string of the molecule is O=C(CCc1c[nH]c2ccccc12)NNC(=O)c1c[nH]c2ccccc12. The molecule has 0 aliphatic heterocycles. The van der Waals surface area contributed by atoms with Gasteiger partial charge in [0.2, 0.25) is 5.91 Å². The lowest BCUT2D eigenvalue weighted by Crippen LogP contribution is -2.41. The second-order valence-electron chi connectivity index (χ2n) is 6.11. The minimum Gasteiger partial charge on any atom is -0.361 e. The summed E-state index contributed by atoms with van der Waals surface area (Å²) in [6, 6.07) is 15.5. The van der Waals surface area contributed by atoms with E-state index in [0.717, 1.165) is 27.4 Å². The number of nitrogens with one attached hydrogen (secondary N) is 4. The standard InChI is InChI=1S/C20H18N4O2/c25-19(10-9-13-11-21-17-7-3-1-5-14(13)17)23-24-20(26)16-12-22-18-8-4-2-6-15(16)18/h1-8,11-12,21-22H,9-10H2,(H,23,25)(H,24,26). The van der Waals surface area contributed by atoms with Crippen molar-refractivity contribution < 1.29 is 9.59 Å². The molecule has 0 atom stereocenters. The van der Waals surface area contributed by atoms with Crippen LogP contribution in [-0.2, 0) is 11.2 Å². The monoisotopic (exact) mass is 346 g/mol. The second kappa shape index (κ2) is 6.76. The number of fused-ring (bicyclic) bond motifs is 2. The summed E-state index contributed by atoms with van der Waals surface area (Å²) >= 11 is 0. The molecule has 0 unspecified atom stereocenters. The molecule has 0 aliphatic carbocycles. The summed E-state index contributed by atoms with van der Waals surface area (Å²) in [5.74, 6) is -0.577. The quantitative estimate of drug-likeness (QED) is 0.428. The van der Waals surface area contributed by atoms with Gasteiger partial charge in [0.15, 0.2) is 0 Å².